The van der Waals surface area contributed by atoms with Crippen LogP contribution < -0.4 is 5.32 Å². The van der Waals surface area contributed by atoms with Crippen molar-refractivity contribution >= 4 is 17.3 Å². The van der Waals surface area contributed by atoms with Gasteiger partial charge in [0.15, 0.2) is 0 Å². The van der Waals surface area contributed by atoms with Gasteiger partial charge in [-0.2, -0.15) is 5.10 Å². The number of anilines is 1. The Hall–Kier alpha value is -2.28. The van der Waals surface area contributed by atoms with Crippen LogP contribution in [0.4, 0.5) is 5.95 Å². The van der Waals surface area contributed by atoms with Crippen LogP contribution in [0.25, 0.3) is 11.3 Å². The second-order valence-corrected chi connectivity index (χ2v) is 7.60. The van der Waals surface area contributed by atoms with Crippen LogP contribution in [0, 0.1) is 20.8 Å². The number of nitrogens with zero attached hydrogens (tertiary/aromatic N) is 5. The lowest BCUT2D eigenvalue weighted by molar-refractivity contribution is 0.598. The summed E-state index contributed by atoms with van der Waals surface area (Å²) in [4.78, 5) is 14.9. The highest BCUT2D eigenvalue weighted by atomic mass is 32.1. The molecule has 3 aromatic heterocycles. The van der Waals surface area contributed by atoms with E-state index < -0.39 is 0 Å². The minimum absolute atomic E-state index is 0.0594. The third kappa shape index (κ3) is 3.87. The second kappa shape index (κ2) is 7.31. The van der Waals surface area contributed by atoms with Crippen molar-refractivity contribution in [3.05, 3.63) is 39.7 Å². The molecule has 0 unspecified atom stereocenters. The van der Waals surface area contributed by atoms with Gasteiger partial charge in [0.2, 0.25) is 5.95 Å². The standard InChI is InChI=1S/C18H24N6S/c1-6-9-24-10-15(11(2)23-24)16-7-8-19-18(22-16)20-12(3)17-13(4)25-14(5)21-17/h7-8,10,12H,6,9H2,1-5H3,(H,19,20,22)/t12-/m0/s1. The summed E-state index contributed by atoms with van der Waals surface area (Å²) in [7, 11) is 0. The van der Waals surface area contributed by atoms with Gasteiger partial charge in [0.25, 0.3) is 0 Å². The third-order valence-electron chi connectivity index (χ3n) is 4.03. The summed E-state index contributed by atoms with van der Waals surface area (Å²) in [5.74, 6) is 0.609. The smallest absolute Gasteiger partial charge is 0.223 e. The first-order valence-corrected chi connectivity index (χ1v) is 9.37. The number of hydrogen-bond donors (Lipinski definition) is 1. The summed E-state index contributed by atoms with van der Waals surface area (Å²) in [5.41, 5.74) is 3.98. The second-order valence-electron chi connectivity index (χ2n) is 6.20. The first-order chi connectivity index (χ1) is 12.0. The lowest BCUT2D eigenvalue weighted by Gasteiger charge is -2.13. The molecule has 0 radical (unpaired) electrons. The van der Waals surface area contributed by atoms with E-state index in [4.69, 9.17) is 0 Å². The Balaban J connectivity index is 1.83. The molecule has 0 spiro atoms. The van der Waals surface area contributed by atoms with Gasteiger partial charge in [0, 0.05) is 29.4 Å². The van der Waals surface area contributed by atoms with Crippen LogP contribution in [0.3, 0.4) is 0 Å². The fourth-order valence-electron chi connectivity index (χ4n) is 2.90. The van der Waals surface area contributed by atoms with Crippen LogP contribution in [0.5, 0.6) is 0 Å². The van der Waals surface area contributed by atoms with Crippen LogP contribution in [-0.2, 0) is 6.54 Å². The van der Waals surface area contributed by atoms with Crippen molar-refractivity contribution in [2.45, 2.75) is 53.6 Å². The Labute approximate surface area is 152 Å². The maximum absolute atomic E-state index is 4.68. The van der Waals surface area contributed by atoms with Gasteiger partial charge in [-0.15, -0.1) is 11.3 Å². The molecule has 0 bridgehead atoms. The molecule has 0 aliphatic heterocycles. The molecule has 0 aliphatic carbocycles. The van der Waals surface area contributed by atoms with Gasteiger partial charge in [-0.05, 0) is 40.2 Å². The van der Waals surface area contributed by atoms with Crippen molar-refractivity contribution < 1.29 is 0 Å². The Morgan fingerprint density at radius 1 is 1.24 bits per heavy atom. The number of thiazole rings is 1. The van der Waals surface area contributed by atoms with Crippen LogP contribution in [0.2, 0.25) is 0 Å². The Kier molecular flexibility index (Phi) is 5.13. The van der Waals surface area contributed by atoms with Gasteiger partial charge < -0.3 is 5.32 Å². The largest absolute Gasteiger partial charge is 0.346 e. The third-order valence-corrected chi connectivity index (χ3v) is 4.93. The average Bonchev–Trinajstić information content (AvgIpc) is 3.10. The first-order valence-electron chi connectivity index (χ1n) is 8.56. The molecular formula is C18H24N6S. The van der Waals surface area contributed by atoms with Crippen LogP contribution in [0.1, 0.15) is 47.6 Å². The van der Waals surface area contributed by atoms with Gasteiger partial charge in [0.1, 0.15) is 0 Å². The van der Waals surface area contributed by atoms with Crippen LogP contribution in [0.15, 0.2) is 18.5 Å². The van der Waals surface area contributed by atoms with E-state index in [1.54, 1.807) is 17.5 Å². The van der Waals surface area contributed by atoms with Gasteiger partial charge >= 0.3 is 0 Å². The van der Waals surface area contributed by atoms with E-state index in [9.17, 15) is 0 Å². The normalized spacial score (nSPS) is 12.4. The molecule has 1 N–H and O–H groups in total. The molecule has 0 saturated carbocycles. The van der Waals surface area contributed by atoms with Crippen molar-refractivity contribution in [1.82, 2.24) is 24.7 Å². The molecule has 1 atom stereocenters. The van der Waals surface area contributed by atoms with E-state index in [2.05, 4.69) is 52.3 Å². The molecule has 0 aromatic carbocycles. The summed E-state index contributed by atoms with van der Waals surface area (Å²) < 4.78 is 1.98. The molecule has 6 nitrogen and oxygen atoms in total. The quantitative estimate of drug-likeness (QED) is 0.713. The number of rotatable bonds is 6. The summed E-state index contributed by atoms with van der Waals surface area (Å²) in [6.45, 7) is 11.3. The van der Waals surface area contributed by atoms with E-state index in [1.807, 2.05) is 24.6 Å². The van der Waals surface area contributed by atoms with E-state index >= 15 is 0 Å². The highest BCUT2D eigenvalue weighted by Crippen LogP contribution is 2.26. The number of hydrogen-bond acceptors (Lipinski definition) is 6. The van der Waals surface area contributed by atoms with Crippen molar-refractivity contribution in [2.24, 2.45) is 0 Å². The zero-order valence-corrected chi connectivity index (χ0v) is 16.2. The zero-order chi connectivity index (χ0) is 18.0. The van der Waals surface area contributed by atoms with Gasteiger partial charge in [-0.1, -0.05) is 6.92 Å². The molecule has 0 amide bonds. The van der Waals surface area contributed by atoms with E-state index in [1.165, 1.54) is 4.88 Å². The minimum atomic E-state index is 0.0594. The molecule has 0 aliphatic rings. The number of nitrogens with one attached hydrogen (secondary N) is 1. The zero-order valence-electron chi connectivity index (χ0n) is 15.4. The van der Waals surface area contributed by atoms with E-state index in [0.29, 0.717) is 5.95 Å². The minimum Gasteiger partial charge on any atom is -0.346 e. The lowest BCUT2D eigenvalue weighted by atomic mass is 10.2. The predicted octanol–water partition coefficient (Wildman–Crippen LogP) is 4.30. The molecule has 3 aromatic rings. The van der Waals surface area contributed by atoms with E-state index in [-0.39, 0.29) is 6.04 Å². The van der Waals surface area contributed by atoms with Crippen molar-refractivity contribution in [3.8, 4) is 11.3 Å². The summed E-state index contributed by atoms with van der Waals surface area (Å²) >= 11 is 1.71. The van der Waals surface area contributed by atoms with E-state index in [0.717, 1.165) is 40.6 Å². The Morgan fingerprint density at radius 2 is 2.04 bits per heavy atom. The van der Waals surface area contributed by atoms with Crippen LogP contribution in [-0.4, -0.2) is 24.7 Å². The molecule has 25 heavy (non-hydrogen) atoms. The monoisotopic (exact) mass is 356 g/mol. The summed E-state index contributed by atoms with van der Waals surface area (Å²) in [6, 6.07) is 1.98. The van der Waals surface area contributed by atoms with Gasteiger partial charge in [0.05, 0.1) is 28.1 Å². The first kappa shape index (κ1) is 17.5. The average molecular weight is 356 g/mol. The Bertz CT molecular complexity index is 866. The molecule has 0 saturated heterocycles. The molecule has 132 valence electrons. The highest BCUT2D eigenvalue weighted by Gasteiger charge is 2.15. The van der Waals surface area contributed by atoms with Crippen molar-refractivity contribution in [3.63, 3.8) is 0 Å². The van der Waals surface area contributed by atoms with Gasteiger partial charge in [-0.3, -0.25) is 4.68 Å². The molecular weight excluding hydrogens is 332 g/mol. The highest BCUT2D eigenvalue weighted by molar-refractivity contribution is 7.11. The van der Waals surface area contributed by atoms with Crippen molar-refractivity contribution in [2.75, 3.05) is 5.32 Å². The molecule has 3 rings (SSSR count). The lowest BCUT2D eigenvalue weighted by Crippen LogP contribution is -2.11. The number of aryl methyl sites for hydroxylation is 4. The van der Waals surface area contributed by atoms with Crippen LogP contribution >= 0.6 is 11.3 Å². The SMILES string of the molecule is CCCn1cc(-c2ccnc(N[C@@H](C)c3nc(C)sc3C)n2)c(C)n1. The molecule has 3 heterocycles. The predicted molar refractivity (Wildman–Crippen MR) is 102 cm³/mol. The Morgan fingerprint density at radius 3 is 2.72 bits per heavy atom. The summed E-state index contributed by atoms with van der Waals surface area (Å²) in [6.07, 6.45) is 4.90. The summed E-state index contributed by atoms with van der Waals surface area (Å²) in [5, 5.41) is 9.00. The fourth-order valence-corrected chi connectivity index (χ4v) is 3.81. The fraction of sp³-hybridized carbons (Fsp3) is 0.444. The van der Waals surface area contributed by atoms with Crippen molar-refractivity contribution in [1.29, 1.82) is 0 Å². The maximum Gasteiger partial charge on any atom is 0.223 e. The topological polar surface area (TPSA) is 68.5 Å². The van der Waals surface area contributed by atoms with Gasteiger partial charge in [-0.25, -0.2) is 15.0 Å². The molecule has 0 fully saturated rings. The molecule has 7 heteroatoms. The maximum atomic E-state index is 4.68. The number of aromatic nitrogens is 5.